The molecule has 0 aromatic carbocycles. The first-order valence-electron chi connectivity index (χ1n) is 18.4. The van der Waals surface area contributed by atoms with Crippen LogP contribution >= 0.6 is 0 Å². The molecule has 2 saturated heterocycles. The van der Waals surface area contributed by atoms with Gasteiger partial charge in [0.05, 0.1) is 30.5 Å². The van der Waals surface area contributed by atoms with E-state index in [1.807, 2.05) is 0 Å². The van der Waals surface area contributed by atoms with Gasteiger partial charge in [-0.3, -0.25) is 0 Å². The molecule has 7 N–H and O–H groups in total. The number of cyclic esters (lactones) is 1. The Morgan fingerprint density at radius 1 is 0.860 bits per heavy atom. The van der Waals surface area contributed by atoms with Crippen molar-refractivity contribution in [1.82, 2.24) is 0 Å². The van der Waals surface area contributed by atoms with Crippen LogP contribution in [0.4, 0.5) is 0 Å². The van der Waals surface area contributed by atoms with E-state index < -0.39 is 91.2 Å². The molecule has 14 heteroatoms. The minimum absolute atomic E-state index is 0.0104. The molecule has 4 saturated carbocycles. The minimum atomic E-state index is -1.59. The van der Waals surface area contributed by atoms with Crippen LogP contribution in [0.5, 0.6) is 0 Å². The monoisotopic (exact) mass is 712 g/mol. The number of fused-ring (bicyclic) bond motifs is 5. The van der Waals surface area contributed by atoms with E-state index in [9.17, 15) is 40.5 Å². The predicted octanol–water partition coefficient (Wildman–Crippen LogP) is -0.0948. The van der Waals surface area contributed by atoms with Crippen molar-refractivity contribution in [2.45, 2.75) is 151 Å². The van der Waals surface area contributed by atoms with Crippen LogP contribution in [0.3, 0.4) is 0 Å². The summed E-state index contributed by atoms with van der Waals surface area (Å²) in [5, 5.41) is 77.9. The Hall–Kier alpha value is -1.27. The smallest absolute Gasteiger partial charge is 0.331 e. The number of aliphatic hydroxyl groups is 7. The van der Waals surface area contributed by atoms with Crippen LogP contribution in [0.2, 0.25) is 0 Å². The van der Waals surface area contributed by atoms with Crippen LogP contribution < -0.4 is 0 Å². The van der Waals surface area contributed by atoms with Crippen LogP contribution in [-0.4, -0.2) is 141 Å². The van der Waals surface area contributed by atoms with Crippen molar-refractivity contribution in [2.24, 2.45) is 34.5 Å². The highest BCUT2D eigenvalue weighted by Gasteiger charge is 2.69. The summed E-state index contributed by atoms with van der Waals surface area (Å²) in [6.07, 6.45) is -6.71. The van der Waals surface area contributed by atoms with Gasteiger partial charge >= 0.3 is 5.97 Å². The molecule has 4 aliphatic carbocycles. The first-order chi connectivity index (χ1) is 23.7. The highest BCUT2D eigenvalue weighted by atomic mass is 16.7. The molecule has 0 unspecified atom stereocenters. The molecule has 0 aromatic heterocycles. The standard InChI is InChI=1S/C36H56O14/c1-16-26(40)31(45-4)29(43)33(47-16)50-30-23(14-37)49-32(28(42)27(30)41)48-19-12-18-5-6-22-21(35(18,3)24(38)13-19)7-9-34(2)20(8-10-36(22,34)44)17-11-25(39)46-15-17/h11,16,18-24,26-33,37-38,40-44H,5-10,12-15H2,1-4H3/t16-,18-,19-,20-,21+,22-,23+,24-,26+,27+,28-,29+,30-,31+,32-,33+,34-,35+,36+/m1/s1. The zero-order valence-electron chi connectivity index (χ0n) is 29.4. The Balaban J connectivity index is 1.01. The van der Waals surface area contributed by atoms with E-state index in [2.05, 4.69) is 13.8 Å². The van der Waals surface area contributed by atoms with Crippen molar-refractivity contribution >= 4 is 5.97 Å². The molecule has 0 bridgehead atoms. The number of hydrogen-bond acceptors (Lipinski definition) is 14. The highest BCUT2D eigenvalue weighted by Crippen LogP contribution is 2.70. The van der Waals surface area contributed by atoms with Crippen LogP contribution in [0, 0.1) is 34.5 Å². The van der Waals surface area contributed by atoms with Crippen molar-refractivity contribution in [3.05, 3.63) is 11.6 Å². The minimum Gasteiger partial charge on any atom is -0.458 e. The Bertz CT molecular complexity index is 1300. The highest BCUT2D eigenvalue weighted by molar-refractivity contribution is 5.85. The Morgan fingerprint density at radius 2 is 1.60 bits per heavy atom. The largest absolute Gasteiger partial charge is 0.458 e. The van der Waals surface area contributed by atoms with Crippen LogP contribution in [-0.2, 0) is 33.2 Å². The van der Waals surface area contributed by atoms with E-state index in [0.29, 0.717) is 19.4 Å². The number of carbonyl (C=O) groups excluding carboxylic acids is 1. The Morgan fingerprint density at radius 3 is 2.28 bits per heavy atom. The van der Waals surface area contributed by atoms with Gasteiger partial charge < -0.3 is 64.2 Å². The average molecular weight is 713 g/mol. The molecule has 0 spiro atoms. The second-order valence-corrected chi connectivity index (χ2v) is 16.6. The van der Waals surface area contributed by atoms with Gasteiger partial charge in [0, 0.05) is 25.0 Å². The van der Waals surface area contributed by atoms with Gasteiger partial charge in [0.25, 0.3) is 0 Å². The number of methoxy groups -OCH3 is 1. The third-order valence-corrected chi connectivity index (χ3v) is 14.5. The molecule has 0 aromatic rings. The molecule has 6 fully saturated rings. The van der Waals surface area contributed by atoms with Gasteiger partial charge in [-0.1, -0.05) is 13.8 Å². The number of rotatable bonds is 7. The molecule has 19 atom stereocenters. The number of hydrogen-bond donors (Lipinski definition) is 7. The second kappa shape index (κ2) is 13.5. The van der Waals surface area contributed by atoms with Crippen LogP contribution in [0.25, 0.3) is 0 Å². The Labute approximate surface area is 292 Å². The fourth-order valence-electron chi connectivity index (χ4n) is 11.6. The van der Waals surface area contributed by atoms with Crippen molar-refractivity contribution in [2.75, 3.05) is 20.3 Å². The molecule has 7 aliphatic rings. The fraction of sp³-hybridized carbons (Fsp3) is 0.917. The molecule has 3 aliphatic heterocycles. The van der Waals surface area contributed by atoms with E-state index in [1.54, 1.807) is 13.0 Å². The van der Waals surface area contributed by atoms with Crippen molar-refractivity contribution in [3.63, 3.8) is 0 Å². The molecule has 3 heterocycles. The number of ether oxygens (including phenoxy) is 6. The van der Waals surface area contributed by atoms with Gasteiger partial charge in [0.2, 0.25) is 0 Å². The van der Waals surface area contributed by atoms with E-state index in [-0.39, 0.29) is 41.5 Å². The summed E-state index contributed by atoms with van der Waals surface area (Å²) in [7, 11) is 1.33. The maximum absolute atomic E-state index is 12.5. The molecule has 0 radical (unpaired) electrons. The van der Waals surface area contributed by atoms with E-state index in [4.69, 9.17) is 28.4 Å². The van der Waals surface area contributed by atoms with Crippen LogP contribution in [0.15, 0.2) is 11.6 Å². The maximum atomic E-state index is 12.5. The van der Waals surface area contributed by atoms with E-state index in [0.717, 1.165) is 37.7 Å². The molecule has 50 heavy (non-hydrogen) atoms. The molecule has 7 rings (SSSR count). The van der Waals surface area contributed by atoms with Gasteiger partial charge in [-0.15, -0.1) is 0 Å². The maximum Gasteiger partial charge on any atom is 0.331 e. The van der Waals surface area contributed by atoms with Gasteiger partial charge in [0.1, 0.15) is 49.3 Å². The summed E-state index contributed by atoms with van der Waals surface area (Å²) in [5.41, 5.74) is -0.775. The van der Waals surface area contributed by atoms with Crippen molar-refractivity contribution in [3.8, 4) is 0 Å². The lowest BCUT2D eigenvalue weighted by Crippen LogP contribution is -2.66. The first-order valence-corrected chi connectivity index (χ1v) is 18.4. The van der Waals surface area contributed by atoms with E-state index in [1.165, 1.54) is 7.11 Å². The van der Waals surface area contributed by atoms with E-state index >= 15 is 0 Å². The first kappa shape index (κ1) is 37.1. The molecule has 284 valence electrons. The zero-order valence-corrected chi connectivity index (χ0v) is 29.4. The topological polar surface area (TPSA) is 214 Å². The Kier molecular flexibility index (Phi) is 10.0. The summed E-state index contributed by atoms with van der Waals surface area (Å²) < 4.78 is 34.2. The summed E-state index contributed by atoms with van der Waals surface area (Å²) >= 11 is 0. The summed E-state index contributed by atoms with van der Waals surface area (Å²) in [4.78, 5) is 11.9. The molecular formula is C36H56O14. The van der Waals surface area contributed by atoms with Gasteiger partial charge in [-0.05, 0) is 86.5 Å². The van der Waals surface area contributed by atoms with Crippen LogP contribution in [0.1, 0.15) is 72.1 Å². The second-order valence-electron chi connectivity index (χ2n) is 16.6. The SMILES string of the molecule is CO[C@@H]1[C@H](O)[C@H](O[C@H]2[C@@H](O)[C@@H](O)[C@H](O[C@@H]3C[C@H]4CC[C@@H]5[C@H](CC[C@]6(C)[C@@H](C7=CC(=O)OC7)CC[C@]56O)[C@@]4(C)[C@H](O)C3)O[C@H]2CO)O[C@H](C)[C@@H]1O. The number of esters is 1. The lowest BCUT2D eigenvalue weighted by atomic mass is 9.42. The third-order valence-electron chi connectivity index (χ3n) is 14.5. The van der Waals surface area contributed by atoms with Crippen molar-refractivity contribution < 1.29 is 69.0 Å². The quantitative estimate of drug-likeness (QED) is 0.136. The van der Waals surface area contributed by atoms with Crippen molar-refractivity contribution in [1.29, 1.82) is 0 Å². The summed E-state index contributed by atoms with van der Waals surface area (Å²) in [5.74, 6) is -0.0371. The fourth-order valence-corrected chi connectivity index (χ4v) is 11.6. The third kappa shape index (κ3) is 5.63. The number of carbonyl (C=O) groups is 1. The molecular weight excluding hydrogens is 656 g/mol. The normalized spacial score (nSPS) is 55.1. The van der Waals surface area contributed by atoms with Gasteiger partial charge in [-0.25, -0.2) is 4.79 Å². The predicted molar refractivity (Wildman–Crippen MR) is 172 cm³/mol. The zero-order chi connectivity index (χ0) is 35.9. The lowest BCUT2D eigenvalue weighted by molar-refractivity contribution is -0.363. The average Bonchev–Trinajstić information content (AvgIpc) is 3.63. The van der Waals surface area contributed by atoms with Gasteiger partial charge in [0.15, 0.2) is 12.6 Å². The molecule has 14 nitrogen and oxygen atoms in total. The summed E-state index contributed by atoms with van der Waals surface area (Å²) in [6, 6.07) is 0. The molecule has 0 amide bonds. The summed E-state index contributed by atoms with van der Waals surface area (Å²) in [6.45, 7) is 5.60. The number of aliphatic hydroxyl groups excluding tert-OH is 6. The lowest BCUT2D eigenvalue weighted by Gasteiger charge is -2.64. The van der Waals surface area contributed by atoms with Gasteiger partial charge in [-0.2, -0.15) is 0 Å².